The van der Waals surface area contributed by atoms with E-state index in [-0.39, 0.29) is 37.2 Å². The van der Waals surface area contributed by atoms with Crippen molar-refractivity contribution >= 4 is 11.9 Å². The SMILES string of the molecule is CCOC(=O)CCNCC(=O)N(C)Cc1ccccc1F. The summed E-state index contributed by atoms with van der Waals surface area (Å²) in [6.45, 7) is 2.78. The highest BCUT2D eigenvalue weighted by Crippen LogP contribution is 2.08. The second-order valence-corrected chi connectivity index (χ2v) is 4.57. The number of halogens is 1. The second-order valence-electron chi connectivity index (χ2n) is 4.57. The van der Waals surface area contributed by atoms with Crippen LogP contribution in [0.4, 0.5) is 4.39 Å². The molecule has 0 saturated carbocycles. The van der Waals surface area contributed by atoms with Crippen molar-refractivity contribution in [3.05, 3.63) is 35.6 Å². The van der Waals surface area contributed by atoms with Crippen LogP contribution < -0.4 is 5.32 Å². The lowest BCUT2D eigenvalue weighted by Crippen LogP contribution is -2.36. The Morgan fingerprint density at radius 2 is 2.05 bits per heavy atom. The van der Waals surface area contributed by atoms with Crippen LogP contribution in [-0.2, 0) is 20.9 Å². The van der Waals surface area contributed by atoms with Gasteiger partial charge in [-0.25, -0.2) is 4.39 Å². The Balaban J connectivity index is 2.29. The molecule has 6 heteroatoms. The van der Waals surface area contributed by atoms with Gasteiger partial charge >= 0.3 is 5.97 Å². The number of benzene rings is 1. The molecule has 0 aliphatic heterocycles. The van der Waals surface area contributed by atoms with E-state index >= 15 is 0 Å². The molecule has 1 aromatic rings. The van der Waals surface area contributed by atoms with E-state index in [1.807, 2.05) is 0 Å². The van der Waals surface area contributed by atoms with Gasteiger partial charge in [-0.2, -0.15) is 0 Å². The standard InChI is InChI=1S/C15H21FN2O3/c1-3-21-15(20)8-9-17-10-14(19)18(2)11-12-6-4-5-7-13(12)16/h4-7,17H,3,8-11H2,1-2H3. The molecule has 1 aromatic carbocycles. The molecular weight excluding hydrogens is 275 g/mol. The van der Waals surface area contributed by atoms with Crippen molar-refractivity contribution in [1.82, 2.24) is 10.2 Å². The lowest BCUT2D eigenvalue weighted by molar-refractivity contribution is -0.143. The maximum atomic E-state index is 13.5. The third-order valence-corrected chi connectivity index (χ3v) is 2.88. The van der Waals surface area contributed by atoms with Crippen LogP contribution in [-0.4, -0.2) is 43.5 Å². The molecule has 0 aliphatic rings. The lowest BCUT2D eigenvalue weighted by atomic mass is 10.2. The average Bonchev–Trinajstić information content (AvgIpc) is 2.46. The van der Waals surface area contributed by atoms with E-state index in [0.29, 0.717) is 18.7 Å². The number of carbonyl (C=O) groups excluding carboxylic acids is 2. The molecule has 0 saturated heterocycles. The van der Waals surface area contributed by atoms with Crippen molar-refractivity contribution in [2.75, 3.05) is 26.7 Å². The number of esters is 1. The van der Waals surface area contributed by atoms with Gasteiger partial charge in [0.15, 0.2) is 0 Å². The summed E-state index contributed by atoms with van der Waals surface area (Å²) in [7, 11) is 1.61. The molecule has 1 rings (SSSR count). The summed E-state index contributed by atoms with van der Waals surface area (Å²) in [5.41, 5.74) is 0.472. The normalized spacial score (nSPS) is 10.2. The van der Waals surface area contributed by atoms with Gasteiger partial charge in [-0.1, -0.05) is 18.2 Å². The number of ether oxygens (including phenoxy) is 1. The first kappa shape index (κ1) is 17.1. The van der Waals surface area contributed by atoms with Crippen LogP contribution in [0.2, 0.25) is 0 Å². The molecule has 1 amide bonds. The molecule has 116 valence electrons. The first-order chi connectivity index (χ1) is 10.0. The van der Waals surface area contributed by atoms with Gasteiger partial charge in [0.1, 0.15) is 5.82 Å². The Morgan fingerprint density at radius 1 is 1.33 bits per heavy atom. The summed E-state index contributed by atoms with van der Waals surface area (Å²) in [5.74, 6) is -0.785. The zero-order valence-corrected chi connectivity index (χ0v) is 12.4. The summed E-state index contributed by atoms with van der Waals surface area (Å²) in [6.07, 6.45) is 0.220. The number of carbonyl (C=O) groups is 2. The van der Waals surface area contributed by atoms with Crippen LogP contribution in [0, 0.1) is 5.82 Å². The lowest BCUT2D eigenvalue weighted by Gasteiger charge is -2.18. The maximum Gasteiger partial charge on any atom is 0.307 e. The van der Waals surface area contributed by atoms with Gasteiger partial charge in [0.25, 0.3) is 0 Å². The largest absolute Gasteiger partial charge is 0.466 e. The predicted octanol–water partition coefficient (Wildman–Crippen LogP) is 1.33. The van der Waals surface area contributed by atoms with Crippen molar-refractivity contribution < 1.29 is 18.7 Å². The van der Waals surface area contributed by atoms with Gasteiger partial charge < -0.3 is 15.0 Å². The third kappa shape index (κ3) is 6.35. The summed E-state index contributed by atoms with van der Waals surface area (Å²) in [4.78, 5) is 24.4. The highest BCUT2D eigenvalue weighted by atomic mass is 19.1. The summed E-state index contributed by atoms with van der Waals surface area (Å²) in [5, 5.41) is 2.87. The van der Waals surface area contributed by atoms with E-state index in [9.17, 15) is 14.0 Å². The Hall–Kier alpha value is -1.95. The minimum absolute atomic E-state index is 0.102. The average molecular weight is 296 g/mol. The molecule has 0 aliphatic carbocycles. The number of rotatable bonds is 8. The van der Waals surface area contributed by atoms with Crippen molar-refractivity contribution in [3.8, 4) is 0 Å². The highest BCUT2D eigenvalue weighted by molar-refractivity contribution is 5.78. The molecule has 0 fully saturated rings. The fourth-order valence-corrected chi connectivity index (χ4v) is 1.72. The van der Waals surface area contributed by atoms with Crippen LogP contribution in [0.25, 0.3) is 0 Å². The number of nitrogens with zero attached hydrogens (tertiary/aromatic N) is 1. The summed E-state index contributed by atoms with van der Waals surface area (Å²) in [6, 6.07) is 6.35. The van der Waals surface area contributed by atoms with Crippen LogP contribution in [0.3, 0.4) is 0 Å². The van der Waals surface area contributed by atoms with Gasteiger partial charge in [0, 0.05) is 25.7 Å². The van der Waals surface area contributed by atoms with Crippen molar-refractivity contribution in [2.24, 2.45) is 0 Å². The molecule has 0 unspecified atom stereocenters. The Bertz CT molecular complexity index is 480. The highest BCUT2D eigenvalue weighted by Gasteiger charge is 2.11. The smallest absolute Gasteiger partial charge is 0.307 e. The van der Waals surface area contributed by atoms with Crippen LogP contribution >= 0.6 is 0 Å². The summed E-state index contributed by atoms with van der Waals surface area (Å²) >= 11 is 0. The topological polar surface area (TPSA) is 58.6 Å². The summed E-state index contributed by atoms with van der Waals surface area (Å²) < 4.78 is 18.2. The number of amides is 1. The first-order valence-corrected chi connectivity index (χ1v) is 6.88. The van der Waals surface area contributed by atoms with Crippen molar-refractivity contribution in [1.29, 1.82) is 0 Å². The minimum Gasteiger partial charge on any atom is -0.466 e. The molecule has 0 atom stereocenters. The number of nitrogens with one attached hydrogen (secondary N) is 1. The Kier molecular flexibility index (Phi) is 7.39. The van der Waals surface area contributed by atoms with E-state index < -0.39 is 0 Å². The fourth-order valence-electron chi connectivity index (χ4n) is 1.72. The monoisotopic (exact) mass is 296 g/mol. The van der Waals surface area contributed by atoms with Crippen molar-refractivity contribution in [3.63, 3.8) is 0 Å². The maximum absolute atomic E-state index is 13.5. The third-order valence-electron chi connectivity index (χ3n) is 2.88. The first-order valence-electron chi connectivity index (χ1n) is 6.88. The van der Waals surface area contributed by atoms with Gasteiger partial charge in [-0.15, -0.1) is 0 Å². The van der Waals surface area contributed by atoms with Gasteiger partial charge in [-0.05, 0) is 13.0 Å². The van der Waals surface area contributed by atoms with E-state index in [1.54, 1.807) is 32.2 Å². The van der Waals surface area contributed by atoms with Crippen LogP contribution in [0.5, 0.6) is 0 Å². The minimum atomic E-state index is -0.326. The van der Waals surface area contributed by atoms with E-state index in [4.69, 9.17) is 4.74 Å². The van der Waals surface area contributed by atoms with E-state index in [0.717, 1.165) is 0 Å². The fraction of sp³-hybridized carbons (Fsp3) is 0.467. The predicted molar refractivity (Wildman–Crippen MR) is 77.0 cm³/mol. The molecule has 0 heterocycles. The van der Waals surface area contributed by atoms with Gasteiger partial charge in [0.05, 0.1) is 19.6 Å². The van der Waals surface area contributed by atoms with Gasteiger partial charge in [-0.3, -0.25) is 9.59 Å². The Labute approximate surface area is 124 Å². The number of hydrogen-bond acceptors (Lipinski definition) is 4. The van der Waals surface area contributed by atoms with Crippen molar-refractivity contribution in [2.45, 2.75) is 19.9 Å². The molecule has 21 heavy (non-hydrogen) atoms. The number of likely N-dealkylation sites (N-methyl/N-ethyl adjacent to an activating group) is 1. The quantitative estimate of drug-likeness (QED) is 0.581. The molecule has 0 spiro atoms. The zero-order chi connectivity index (χ0) is 15.7. The van der Waals surface area contributed by atoms with E-state index in [2.05, 4.69) is 5.32 Å². The number of hydrogen-bond donors (Lipinski definition) is 1. The molecule has 0 bridgehead atoms. The van der Waals surface area contributed by atoms with Crippen LogP contribution in [0.1, 0.15) is 18.9 Å². The zero-order valence-electron chi connectivity index (χ0n) is 12.4. The van der Waals surface area contributed by atoms with Gasteiger partial charge in [0.2, 0.25) is 5.91 Å². The second kappa shape index (κ2) is 9.07. The molecular formula is C15H21FN2O3. The molecule has 0 radical (unpaired) electrons. The molecule has 0 aromatic heterocycles. The van der Waals surface area contributed by atoms with Crippen LogP contribution in [0.15, 0.2) is 24.3 Å². The Morgan fingerprint density at radius 3 is 2.71 bits per heavy atom. The molecule has 1 N–H and O–H groups in total. The molecule has 5 nitrogen and oxygen atoms in total. The van der Waals surface area contributed by atoms with E-state index in [1.165, 1.54) is 11.0 Å².